The minimum atomic E-state index is -5.61. The summed E-state index contributed by atoms with van der Waals surface area (Å²) >= 11 is 0. The molecule has 1 atom stereocenters. The zero-order valence-corrected chi connectivity index (χ0v) is 13.2. The van der Waals surface area contributed by atoms with Gasteiger partial charge in [-0.25, -0.2) is 0 Å². The molecule has 0 spiro atoms. The van der Waals surface area contributed by atoms with Gasteiger partial charge in [-0.2, -0.15) is 9.90 Å². The standard InChI is InChI=1S/Al.Ca.H3O4Si.O4Si.H3P/c;;2*1-5(2,3)4;/h;;1-3H;;1H3/q+3;+2;-1;-4;. The maximum Gasteiger partial charge on any atom is 3.00 e. The first-order valence-electron chi connectivity index (χ1n) is 1.69. The Morgan fingerprint density at radius 2 is 0.769 bits per heavy atom. The largest absolute Gasteiger partial charge is 3.00 e. The maximum atomic E-state index is 8.91. The second-order valence-electron chi connectivity index (χ2n) is 1.07. The van der Waals surface area contributed by atoms with Crippen LogP contribution in [0.1, 0.15) is 0 Å². The molecule has 0 aliphatic heterocycles. The summed E-state index contributed by atoms with van der Waals surface area (Å²) in [6.45, 7) is 0. The van der Waals surface area contributed by atoms with E-state index in [1.165, 1.54) is 0 Å². The van der Waals surface area contributed by atoms with Crippen molar-refractivity contribution in [1.29, 1.82) is 0 Å². The molecular weight excluding hydrogens is 282 g/mol. The molecule has 0 aromatic rings. The molecule has 0 amide bonds. The quantitative estimate of drug-likeness (QED) is 0.290. The number of rotatable bonds is 0. The van der Waals surface area contributed by atoms with Crippen LogP contribution in [0.5, 0.6) is 0 Å². The molecule has 3 N–H and O–H groups in total. The van der Waals surface area contributed by atoms with Gasteiger partial charge in [0.15, 0.2) is 0 Å². The van der Waals surface area contributed by atoms with Gasteiger partial charge in [0.1, 0.15) is 0 Å². The molecule has 0 bridgehead atoms. The van der Waals surface area contributed by atoms with Gasteiger partial charge in [0.2, 0.25) is 0 Å². The van der Waals surface area contributed by atoms with Gasteiger partial charge in [-0.1, -0.05) is 0 Å². The van der Waals surface area contributed by atoms with E-state index in [1.807, 2.05) is 0 Å². The Labute approximate surface area is 120 Å². The van der Waals surface area contributed by atoms with Crippen molar-refractivity contribution in [1.82, 2.24) is 0 Å². The van der Waals surface area contributed by atoms with Crippen LogP contribution in [0.25, 0.3) is 0 Å². The van der Waals surface area contributed by atoms with Gasteiger partial charge in [0.05, 0.1) is 0 Å². The van der Waals surface area contributed by atoms with Crippen LogP contribution in [0, 0.1) is 0 Å². The van der Waals surface area contributed by atoms with E-state index in [4.69, 9.17) is 38.4 Å². The van der Waals surface area contributed by atoms with Gasteiger partial charge < -0.3 is 47.4 Å². The molecule has 0 saturated carbocycles. The van der Waals surface area contributed by atoms with Gasteiger partial charge in [-0.15, -0.1) is 0 Å². The molecule has 0 heterocycles. The fraction of sp³-hybridized carbons (Fsp3) is 0. The van der Waals surface area contributed by atoms with E-state index in [9.17, 15) is 0 Å². The predicted octanol–water partition coefficient (Wildman–Crippen LogP) is -9.08. The molecule has 0 saturated heterocycles. The van der Waals surface area contributed by atoms with Crippen molar-refractivity contribution in [3.8, 4) is 0 Å². The van der Waals surface area contributed by atoms with Crippen molar-refractivity contribution in [2.45, 2.75) is 0 Å². The first-order valence-corrected chi connectivity index (χ1v) is 5.07. The Morgan fingerprint density at radius 1 is 0.769 bits per heavy atom. The van der Waals surface area contributed by atoms with E-state index in [1.54, 1.807) is 0 Å². The molecule has 0 fully saturated rings. The summed E-state index contributed by atoms with van der Waals surface area (Å²) in [6.07, 6.45) is 0. The number of hydrogen-bond acceptors (Lipinski definition) is 8. The van der Waals surface area contributed by atoms with Crippen LogP contribution < -0.4 is 24.0 Å². The summed E-state index contributed by atoms with van der Waals surface area (Å²) in [4.78, 5) is 64.9. The first kappa shape index (κ1) is 29.5. The minimum absolute atomic E-state index is 0. The fourth-order valence-electron chi connectivity index (χ4n) is 0. The van der Waals surface area contributed by atoms with Crippen LogP contribution in [0.2, 0.25) is 0 Å². The zero-order valence-electron chi connectivity index (χ0n) is 6.37. The Morgan fingerprint density at radius 3 is 0.769 bits per heavy atom. The van der Waals surface area contributed by atoms with Crippen molar-refractivity contribution in [3.05, 3.63) is 0 Å². The van der Waals surface area contributed by atoms with E-state index in [-0.39, 0.29) is 65.0 Å². The van der Waals surface area contributed by atoms with Gasteiger partial charge >= 0.3 is 64.1 Å². The summed E-state index contributed by atoms with van der Waals surface area (Å²) in [5.41, 5.74) is 0. The van der Waals surface area contributed by atoms with Crippen LogP contribution in [0.15, 0.2) is 0 Å². The van der Waals surface area contributed by atoms with Crippen LogP contribution in [-0.2, 0) is 0 Å². The third kappa shape index (κ3) is 400. The molecule has 13 heteroatoms. The Kier molecular flexibility index (Phi) is 28.2. The molecule has 0 aliphatic carbocycles. The van der Waals surface area contributed by atoms with Crippen LogP contribution in [0.4, 0.5) is 0 Å². The summed E-state index contributed by atoms with van der Waals surface area (Å²) in [5.74, 6) is 0. The van der Waals surface area contributed by atoms with E-state index in [0.717, 1.165) is 0 Å². The third-order valence-corrected chi connectivity index (χ3v) is 0. The predicted molar refractivity (Wildman–Crippen MR) is 40.8 cm³/mol. The molecule has 0 aromatic heterocycles. The summed E-state index contributed by atoms with van der Waals surface area (Å²) in [5, 5.41) is 0. The molecule has 0 radical (unpaired) electrons. The molecule has 72 valence electrons. The molecule has 0 aliphatic rings. The van der Waals surface area contributed by atoms with E-state index in [2.05, 4.69) is 0 Å². The van der Waals surface area contributed by atoms with Crippen molar-refractivity contribution < 1.29 is 38.4 Å². The third-order valence-electron chi connectivity index (χ3n) is 0. The Balaban J connectivity index is -0.0000000267. The van der Waals surface area contributed by atoms with Gasteiger partial charge in [0, 0.05) is 0 Å². The SMILES string of the molecule is P.[Al+3].[Ca+2].[O-][Si](O)(O)O.[O-][Si]([O-])([O-])[O-]. The van der Waals surface area contributed by atoms with E-state index in [0.29, 0.717) is 0 Å². The average molecular weight is 288 g/mol. The fourth-order valence-corrected chi connectivity index (χ4v) is 0. The van der Waals surface area contributed by atoms with E-state index >= 15 is 0 Å². The molecule has 1 unspecified atom stereocenters. The van der Waals surface area contributed by atoms with Crippen LogP contribution >= 0.6 is 9.90 Å². The van der Waals surface area contributed by atoms with Gasteiger partial charge in [-0.05, 0) is 0 Å². The van der Waals surface area contributed by atoms with Crippen molar-refractivity contribution >= 4 is 83.1 Å². The maximum absolute atomic E-state index is 8.91. The minimum Gasteiger partial charge on any atom is -0.894 e. The topological polar surface area (TPSA) is 176 Å². The molecule has 13 heavy (non-hydrogen) atoms. The summed E-state index contributed by atoms with van der Waals surface area (Å²) in [7, 11) is -10.5. The summed E-state index contributed by atoms with van der Waals surface area (Å²) in [6, 6.07) is 0. The van der Waals surface area contributed by atoms with Crippen LogP contribution in [-0.4, -0.2) is 87.6 Å². The smallest absolute Gasteiger partial charge is 0.894 e. The summed E-state index contributed by atoms with van der Waals surface area (Å²) < 4.78 is 0. The van der Waals surface area contributed by atoms with Gasteiger partial charge in [-0.3, -0.25) is 0 Å². The van der Waals surface area contributed by atoms with Crippen molar-refractivity contribution in [3.63, 3.8) is 0 Å². The van der Waals surface area contributed by atoms with Gasteiger partial charge in [0.25, 0.3) is 0 Å². The van der Waals surface area contributed by atoms with E-state index < -0.39 is 18.1 Å². The second-order valence-corrected chi connectivity index (χ2v) is 3.22. The second kappa shape index (κ2) is 12.4. The van der Waals surface area contributed by atoms with Crippen molar-refractivity contribution in [2.75, 3.05) is 0 Å². The number of hydrogen-bond donors (Lipinski definition) is 3. The average Bonchev–Trinajstić information content (AvgIpc) is 1.12. The molecule has 0 rings (SSSR count). The van der Waals surface area contributed by atoms with Crippen molar-refractivity contribution in [2.24, 2.45) is 0 Å². The monoisotopic (exact) mass is 288 g/mol. The molecule has 0 aromatic carbocycles. The first-order chi connectivity index (χ1) is 4.00. The van der Waals surface area contributed by atoms with Crippen LogP contribution in [0.3, 0.4) is 0 Å². The molecule has 8 nitrogen and oxygen atoms in total. The molecular formula is H6AlCaO8PSi2. The Bertz CT molecular complexity index is 65.1. The zero-order chi connectivity index (χ0) is 9.00. The Hall–Kier alpha value is 2.34. The normalized spacial score (nSPS) is 9.23.